The summed E-state index contributed by atoms with van der Waals surface area (Å²) in [6.07, 6.45) is 14.7. The number of allylic oxidation sites excluding steroid dienone is 1. The quantitative estimate of drug-likeness (QED) is 0.208. The van der Waals surface area contributed by atoms with E-state index in [1.165, 1.54) is 62.9 Å². The molecular weight excluding hydrogens is 452 g/mol. The first-order valence-electron chi connectivity index (χ1n) is 10.3. The van der Waals surface area contributed by atoms with Gasteiger partial charge in [-0.25, -0.2) is 4.98 Å². The molecule has 1 aromatic rings. The van der Waals surface area contributed by atoms with Gasteiger partial charge in [0.05, 0.1) is 5.69 Å². The Bertz CT molecular complexity index is 465. The van der Waals surface area contributed by atoms with Gasteiger partial charge in [0.2, 0.25) is 0 Å². The molecule has 0 bridgehead atoms. The maximum Gasteiger partial charge on any atom is 0.106 e. The van der Waals surface area contributed by atoms with Crippen molar-refractivity contribution in [3.05, 3.63) is 29.9 Å². The maximum absolute atomic E-state index is 4.74. The third-order valence-corrected chi connectivity index (χ3v) is 6.31. The SMILES string of the molecule is Br.C=CCC(CCCC(Br)CCC)C(CCCC)Cc1nc(C)c(C)[nH]1. The molecule has 26 heavy (non-hydrogen) atoms. The van der Waals surface area contributed by atoms with Gasteiger partial charge in [-0.15, -0.1) is 23.6 Å². The fourth-order valence-corrected chi connectivity index (χ4v) is 4.54. The number of hydrogen-bond donors (Lipinski definition) is 1. The Morgan fingerprint density at radius 2 is 1.73 bits per heavy atom. The molecule has 152 valence electrons. The summed E-state index contributed by atoms with van der Waals surface area (Å²) in [5, 5.41) is 0. The number of nitrogens with one attached hydrogen (secondary N) is 1. The highest BCUT2D eigenvalue weighted by atomic mass is 79.9. The van der Waals surface area contributed by atoms with Gasteiger partial charge in [0, 0.05) is 16.9 Å². The van der Waals surface area contributed by atoms with Crippen LogP contribution in [-0.4, -0.2) is 14.8 Å². The van der Waals surface area contributed by atoms with Gasteiger partial charge < -0.3 is 4.98 Å². The van der Waals surface area contributed by atoms with Gasteiger partial charge in [0.1, 0.15) is 5.82 Å². The Kier molecular flexibility index (Phi) is 14.9. The van der Waals surface area contributed by atoms with E-state index in [9.17, 15) is 0 Å². The normalized spacial score (nSPS) is 14.5. The van der Waals surface area contributed by atoms with Crippen LogP contribution in [0, 0.1) is 25.7 Å². The Morgan fingerprint density at radius 3 is 2.27 bits per heavy atom. The molecule has 1 N–H and O–H groups in total. The van der Waals surface area contributed by atoms with E-state index in [0.29, 0.717) is 10.7 Å². The molecule has 0 aliphatic heterocycles. The van der Waals surface area contributed by atoms with E-state index >= 15 is 0 Å². The minimum atomic E-state index is 0. The van der Waals surface area contributed by atoms with Gasteiger partial charge in [0.15, 0.2) is 0 Å². The largest absolute Gasteiger partial charge is 0.346 e. The van der Waals surface area contributed by atoms with Crippen molar-refractivity contribution in [2.75, 3.05) is 0 Å². The van der Waals surface area contributed by atoms with Crippen molar-refractivity contribution in [1.29, 1.82) is 0 Å². The highest BCUT2D eigenvalue weighted by Crippen LogP contribution is 2.31. The fourth-order valence-electron chi connectivity index (χ4n) is 3.76. The summed E-state index contributed by atoms with van der Waals surface area (Å²) in [4.78, 5) is 8.93. The molecule has 0 fully saturated rings. The molecular formula is C22H40Br2N2. The lowest BCUT2D eigenvalue weighted by Crippen LogP contribution is -2.18. The number of aromatic nitrogens is 2. The summed E-state index contributed by atoms with van der Waals surface area (Å²) in [5.41, 5.74) is 2.36. The highest BCUT2D eigenvalue weighted by molar-refractivity contribution is 9.09. The second-order valence-electron chi connectivity index (χ2n) is 7.60. The molecule has 0 saturated heterocycles. The van der Waals surface area contributed by atoms with Gasteiger partial charge >= 0.3 is 0 Å². The van der Waals surface area contributed by atoms with Crippen molar-refractivity contribution in [2.24, 2.45) is 11.8 Å². The van der Waals surface area contributed by atoms with Crippen LogP contribution in [0.25, 0.3) is 0 Å². The number of aryl methyl sites for hydroxylation is 2. The highest BCUT2D eigenvalue weighted by Gasteiger charge is 2.22. The van der Waals surface area contributed by atoms with Crippen LogP contribution in [-0.2, 0) is 6.42 Å². The Labute approximate surface area is 180 Å². The van der Waals surface area contributed by atoms with Gasteiger partial charge in [-0.05, 0) is 57.8 Å². The zero-order valence-corrected chi connectivity index (χ0v) is 20.6. The molecule has 0 aliphatic rings. The zero-order valence-electron chi connectivity index (χ0n) is 17.3. The third kappa shape index (κ3) is 9.73. The first kappa shape index (κ1) is 25.9. The molecule has 0 amide bonds. The van der Waals surface area contributed by atoms with Gasteiger partial charge in [0.25, 0.3) is 0 Å². The number of aromatic amines is 1. The lowest BCUT2D eigenvalue weighted by atomic mass is 9.80. The van der Waals surface area contributed by atoms with Gasteiger partial charge in [-0.2, -0.15) is 0 Å². The maximum atomic E-state index is 4.74. The molecule has 0 spiro atoms. The van der Waals surface area contributed by atoms with Crippen molar-refractivity contribution in [3.8, 4) is 0 Å². The molecule has 2 nitrogen and oxygen atoms in total. The average molecular weight is 492 g/mol. The topological polar surface area (TPSA) is 28.7 Å². The van der Waals surface area contributed by atoms with Gasteiger partial charge in [-0.1, -0.05) is 61.5 Å². The number of hydrogen-bond acceptors (Lipinski definition) is 1. The van der Waals surface area contributed by atoms with Crippen molar-refractivity contribution in [3.63, 3.8) is 0 Å². The Hall–Kier alpha value is -0.0900. The van der Waals surface area contributed by atoms with Crippen LogP contribution >= 0.6 is 32.9 Å². The lowest BCUT2D eigenvalue weighted by Gasteiger charge is -2.26. The fraction of sp³-hybridized carbons (Fsp3) is 0.773. The molecule has 3 atom stereocenters. The average Bonchev–Trinajstić information content (AvgIpc) is 2.89. The number of nitrogens with zero attached hydrogens (tertiary/aromatic N) is 1. The Balaban J connectivity index is 0.00000625. The van der Waals surface area contributed by atoms with Crippen LogP contribution in [0.15, 0.2) is 12.7 Å². The number of alkyl halides is 1. The predicted molar refractivity (Wildman–Crippen MR) is 125 cm³/mol. The molecule has 0 radical (unpaired) electrons. The van der Waals surface area contributed by atoms with Crippen molar-refractivity contribution in [2.45, 2.75) is 96.7 Å². The van der Waals surface area contributed by atoms with Crippen LogP contribution in [0.4, 0.5) is 0 Å². The third-order valence-electron chi connectivity index (χ3n) is 5.39. The van der Waals surface area contributed by atoms with E-state index in [2.05, 4.69) is 61.3 Å². The van der Waals surface area contributed by atoms with E-state index in [-0.39, 0.29) is 17.0 Å². The standard InChI is InChI=1S/C22H39BrN2.BrH/c1-6-9-13-20(16-22-24-17(4)18(5)25-22)19(11-7-2)14-10-15-21(23)12-8-3;/h7,19-21H,2,6,8-16H2,1,3-5H3,(H,24,25);1H. The second-order valence-corrected chi connectivity index (χ2v) is 8.90. The van der Waals surface area contributed by atoms with E-state index in [0.717, 1.165) is 24.5 Å². The van der Waals surface area contributed by atoms with Crippen molar-refractivity contribution >= 4 is 32.9 Å². The smallest absolute Gasteiger partial charge is 0.106 e. The summed E-state index contributed by atoms with van der Waals surface area (Å²) in [6, 6.07) is 0. The van der Waals surface area contributed by atoms with Crippen molar-refractivity contribution in [1.82, 2.24) is 9.97 Å². The number of unbranched alkanes of at least 4 members (excludes halogenated alkanes) is 1. The van der Waals surface area contributed by atoms with E-state index in [1.54, 1.807) is 0 Å². The molecule has 1 aromatic heterocycles. The van der Waals surface area contributed by atoms with Gasteiger partial charge in [-0.3, -0.25) is 0 Å². The first-order chi connectivity index (χ1) is 12.0. The summed E-state index contributed by atoms with van der Waals surface area (Å²) >= 11 is 3.84. The molecule has 4 heteroatoms. The van der Waals surface area contributed by atoms with Crippen LogP contribution in [0.2, 0.25) is 0 Å². The minimum Gasteiger partial charge on any atom is -0.346 e. The van der Waals surface area contributed by atoms with Crippen LogP contribution in [0.5, 0.6) is 0 Å². The number of imidazole rings is 1. The lowest BCUT2D eigenvalue weighted by molar-refractivity contribution is 0.277. The van der Waals surface area contributed by atoms with Crippen LogP contribution in [0.1, 0.15) is 88.8 Å². The number of rotatable bonds is 14. The molecule has 3 unspecified atom stereocenters. The molecule has 0 aliphatic carbocycles. The molecule has 1 rings (SSSR count). The van der Waals surface area contributed by atoms with E-state index in [4.69, 9.17) is 4.98 Å². The summed E-state index contributed by atoms with van der Waals surface area (Å²) in [6.45, 7) is 12.8. The second kappa shape index (κ2) is 14.9. The Morgan fingerprint density at radius 1 is 1.04 bits per heavy atom. The van der Waals surface area contributed by atoms with E-state index in [1.807, 2.05) is 0 Å². The van der Waals surface area contributed by atoms with Crippen molar-refractivity contribution < 1.29 is 0 Å². The number of halogens is 2. The van der Waals surface area contributed by atoms with Crippen LogP contribution in [0.3, 0.4) is 0 Å². The zero-order chi connectivity index (χ0) is 18.7. The summed E-state index contributed by atoms with van der Waals surface area (Å²) in [7, 11) is 0. The minimum absolute atomic E-state index is 0. The summed E-state index contributed by atoms with van der Waals surface area (Å²) < 4.78 is 0. The molecule has 0 aromatic carbocycles. The first-order valence-corrected chi connectivity index (χ1v) is 11.2. The molecule has 1 heterocycles. The number of H-pyrrole nitrogens is 1. The van der Waals surface area contributed by atoms with Crippen LogP contribution < -0.4 is 0 Å². The monoisotopic (exact) mass is 490 g/mol. The summed E-state index contributed by atoms with van der Waals surface area (Å²) in [5.74, 6) is 2.62. The van der Waals surface area contributed by atoms with E-state index < -0.39 is 0 Å². The predicted octanol–water partition coefficient (Wildman–Crippen LogP) is 7.88. The molecule has 0 saturated carbocycles.